The summed E-state index contributed by atoms with van der Waals surface area (Å²) in [5.74, 6) is 0.340. The second-order valence-electron chi connectivity index (χ2n) is 5.42. The number of nitrogens with zero attached hydrogens (tertiary/aromatic N) is 1. The van der Waals surface area contributed by atoms with Crippen molar-refractivity contribution in [2.24, 2.45) is 0 Å². The molecule has 0 aromatic rings. The van der Waals surface area contributed by atoms with Gasteiger partial charge in [-0.3, -0.25) is 4.79 Å². The van der Waals surface area contributed by atoms with Crippen molar-refractivity contribution in [3.8, 4) is 0 Å². The highest BCUT2D eigenvalue weighted by molar-refractivity contribution is 5.86. The minimum absolute atomic E-state index is 0.265. The maximum absolute atomic E-state index is 12.5. The summed E-state index contributed by atoms with van der Waals surface area (Å²) in [6.07, 6.45) is 8.42. The number of rotatable bonds is 1. The maximum Gasteiger partial charge on any atom is 0.242 e. The summed E-state index contributed by atoms with van der Waals surface area (Å²) < 4.78 is 0. The van der Waals surface area contributed by atoms with Crippen molar-refractivity contribution in [1.29, 1.82) is 0 Å². The van der Waals surface area contributed by atoms with E-state index in [1.54, 1.807) is 0 Å². The molecule has 1 atom stereocenters. The smallest absolute Gasteiger partial charge is 0.242 e. The van der Waals surface area contributed by atoms with Crippen molar-refractivity contribution < 1.29 is 4.79 Å². The van der Waals surface area contributed by atoms with Crippen LogP contribution in [0.15, 0.2) is 0 Å². The standard InChI is InChI=1S/C13H24N2O/c1-13(8-7-9-14-13)12(16)15-10-5-3-2-4-6-11-15/h14H,2-11H2,1H3. The minimum Gasteiger partial charge on any atom is -0.341 e. The fourth-order valence-corrected chi connectivity index (χ4v) is 2.88. The van der Waals surface area contributed by atoms with Gasteiger partial charge in [-0.15, -0.1) is 0 Å². The molecule has 0 aromatic carbocycles. The van der Waals surface area contributed by atoms with Crippen LogP contribution in [0.5, 0.6) is 0 Å². The van der Waals surface area contributed by atoms with Gasteiger partial charge in [0, 0.05) is 13.1 Å². The summed E-state index contributed by atoms with van der Waals surface area (Å²) in [5.41, 5.74) is -0.265. The molecule has 2 saturated heterocycles. The van der Waals surface area contributed by atoms with E-state index in [0.717, 1.165) is 32.5 Å². The minimum atomic E-state index is -0.265. The second-order valence-corrected chi connectivity index (χ2v) is 5.42. The van der Waals surface area contributed by atoms with Crippen LogP contribution in [-0.2, 0) is 4.79 Å². The van der Waals surface area contributed by atoms with Crippen LogP contribution in [0.1, 0.15) is 51.9 Å². The first-order valence-corrected chi connectivity index (χ1v) is 6.77. The summed E-state index contributed by atoms with van der Waals surface area (Å²) in [4.78, 5) is 14.5. The van der Waals surface area contributed by atoms with E-state index in [-0.39, 0.29) is 5.54 Å². The van der Waals surface area contributed by atoms with Gasteiger partial charge in [-0.1, -0.05) is 19.3 Å². The largest absolute Gasteiger partial charge is 0.341 e. The quantitative estimate of drug-likeness (QED) is 0.738. The first kappa shape index (κ1) is 11.9. The van der Waals surface area contributed by atoms with Gasteiger partial charge in [-0.25, -0.2) is 0 Å². The molecular weight excluding hydrogens is 200 g/mol. The molecule has 1 N–H and O–H groups in total. The SMILES string of the molecule is CC1(C(=O)N2CCCCCCC2)CCCN1. The molecule has 1 unspecified atom stereocenters. The molecule has 2 fully saturated rings. The fourth-order valence-electron chi connectivity index (χ4n) is 2.88. The van der Waals surface area contributed by atoms with Gasteiger partial charge in [0.2, 0.25) is 5.91 Å². The molecule has 2 aliphatic heterocycles. The van der Waals surface area contributed by atoms with Crippen LogP contribution in [0.25, 0.3) is 0 Å². The van der Waals surface area contributed by atoms with Crippen LogP contribution in [-0.4, -0.2) is 36.0 Å². The van der Waals surface area contributed by atoms with Crippen LogP contribution in [0.3, 0.4) is 0 Å². The Labute approximate surface area is 98.6 Å². The van der Waals surface area contributed by atoms with Gasteiger partial charge in [-0.2, -0.15) is 0 Å². The molecule has 0 bridgehead atoms. The van der Waals surface area contributed by atoms with Crippen molar-refractivity contribution >= 4 is 5.91 Å². The summed E-state index contributed by atoms with van der Waals surface area (Å²) in [6, 6.07) is 0. The Morgan fingerprint density at radius 3 is 2.25 bits per heavy atom. The lowest BCUT2D eigenvalue weighted by Crippen LogP contribution is -2.53. The van der Waals surface area contributed by atoms with Gasteiger partial charge in [0.25, 0.3) is 0 Å². The third-order valence-corrected chi connectivity index (χ3v) is 3.98. The van der Waals surface area contributed by atoms with E-state index in [1.807, 2.05) is 0 Å². The lowest BCUT2D eigenvalue weighted by Gasteiger charge is -2.33. The van der Waals surface area contributed by atoms with E-state index in [9.17, 15) is 4.79 Å². The van der Waals surface area contributed by atoms with Crippen molar-refractivity contribution in [3.05, 3.63) is 0 Å². The van der Waals surface area contributed by atoms with Crippen molar-refractivity contribution in [2.45, 2.75) is 57.4 Å². The predicted octanol–water partition coefficient (Wildman–Crippen LogP) is 1.92. The van der Waals surface area contributed by atoms with Crippen LogP contribution in [0, 0.1) is 0 Å². The number of likely N-dealkylation sites (tertiary alicyclic amines) is 1. The van der Waals surface area contributed by atoms with Gasteiger partial charge in [0.15, 0.2) is 0 Å². The van der Waals surface area contributed by atoms with E-state index < -0.39 is 0 Å². The highest BCUT2D eigenvalue weighted by Crippen LogP contribution is 2.22. The Kier molecular flexibility index (Phi) is 3.85. The second kappa shape index (κ2) is 5.17. The summed E-state index contributed by atoms with van der Waals surface area (Å²) >= 11 is 0. The molecule has 92 valence electrons. The van der Waals surface area contributed by atoms with Gasteiger partial charge >= 0.3 is 0 Å². The molecule has 0 aromatic heterocycles. The molecule has 2 aliphatic rings. The lowest BCUT2D eigenvalue weighted by molar-refractivity contribution is -0.137. The first-order chi connectivity index (χ1) is 7.72. The molecule has 2 rings (SSSR count). The Bertz CT molecular complexity index is 238. The zero-order chi connectivity index (χ0) is 11.4. The normalized spacial score (nSPS) is 32.2. The van der Waals surface area contributed by atoms with E-state index in [4.69, 9.17) is 0 Å². The van der Waals surface area contributed by atoms with Crippen molar-refractivity contribution in [3.63, 3.8) is 0 Å². The molecule has 0 radical (unpaired) electrons. The van der Waals surface area contributed by atoms with E-state index >= 15 is 0 Å². The van der Waals surface area contributed by atoms with E-state index in [0.29, 0.717) is 5.91 Å². The first-order valence-electron chi connectivity index (χ1n) is 6.77. The van der Waals surface area contributed by atoms with E-state index in [1.165, 1.54) is 32.1 Å². The average Bonchev–Trinajstić information content (AvgIpc) is 2.65. The van der Waals surface area contributed by atoms with Gasteiger partial charge in [0.1, 0.15) is 0 Å². The monoisotopic (exact) mass is 224 g/mol. The fraction of sp³-hybridized carbons (Fsp3) is 0.923. The number of carbonyl (C=O) groups is 1. The van der Waals surface area contributed by atoms with E-state index in [2.05, 4.69) is 17.1 Å². The molecule has 1 amide bonds. The Morgan fingerprint density at radius 1 is 1.06 bits per heavy atom. The lowest BCUT2D eigenvalue weighted by atomic mass is 9.97. The number of hydrogen-bond acceptors (Lipinski definition) is 2. The van der Waals surface area contributed by atoms with Crippen LogP contribution in [0.2, 0.25) is 0 Å². The molecule has 3 nitrogen and oxygen atoms in total. The molecule has 0 spiro atoms. The number of nitrogens with one attached hydrogen (secondary N) is 1. The molecule has 16 heavy (non-hydrogen) atoms. The van der Waals surface area contributed by atoms with Gasteiger partial charge < -0.3 is 10.2 Å². The van der Waals surface area contributed by atoms with Crippen LogP contribution >= 0.6 is 0 Å². The highest BCUT2D eigenvalue weighted by Gasteiger charge is 2.38. The topological polar surface area (TPSA) is 32.3 Å². The maximum atomic E-state index is 12.5. The van der Waals surface area contributed by atoms with Gasteiger partial charge in [0.05, 0.1) is 5.54 Å². The van der Waals surface area contributed by atoms with Crippen LogP contribution in [0.4, 0.5) is 0 Å². The molecule has 3 heteroatoms. The third-order valence-electron chi connectivity index (χ3n) is 3.98. The summed E-state index contributed by atoms with van der Waals surface area (Å²) in [5, 5.41) is 3.37. The summed E-state index contributed by atoms with van der Waals surface area (Å²) in [7, 11) is 0. The number of carbonyl (C=O) groups excluding carboxylic acids is 1. The highest BCUT2D eigenvalue weighted by atomic mass is 16.2. The Balaban J connectivity index is 1.95. The molecule has 0 saturated carbocycles. The third kappa shape index (κ3) is 2.57. The van der Waals surface area contributed by atoms with Crippen LogP contribution < -0.4 is 5.32 Å². The van der Waals surface area contributed by atoms with Crippen molar-refractivity contribution in [2.75, 3.05) is 19.6 Å². The number of amides is 1. The molecular formula is C13H24N2O. The number of hydrogen-bond donors (Lipinski definition) is 1. The van der Waals surface area contributed by atoms with Crippen molar-refractivity contribution in [1.82, 2.24) is 10.2 Å². The Hall–Kier alpha value is -0.570. The molecule has 0 aliphatic carbocycles. The molecule has 2 heterocycles. The average molecular weight is 224 g/mol. The Morgan fingerprint density at radius 2 is 1.69 bits per heavy atom. The zero-order valence-electron chi connectivity index (χ0n) is 10.4. The summed E-state index contributed by atoms with van der Waals surface area (Å²) in [6.45, 7) is 5.00. The predicted molar refractivity (Wildman–Crippen MR) is 65.3 cm³/mol. The van der Waals surface area contributed by atoms with Gasteiger partial charge in [-0.05, 0) is 39.2 Å². The zero-order valence-corrected chi connectivity index (χ0v) is 10.4.